The first kappa shape index (κ1) is 11.1. The SMILES string of the molecule is CCc1cnn(-c2ccccc2[N+](=O)[O-])c1N. The molecule has 0 bridgehead atoms. The molecule has 2 rings (SSSR count). The summed E-state index contributed by atoms with van der Waals surface area (Å²) in [6, 6.07) is 6.39. The molecule has 6 heteroatoms. The van der Waals surface area contributed by atoms with Crippen LogP contribution in [0.3, 0.4) is 0 Å². The zero-order valence-corrected chi connectivity index (χ0v) is 9.33. The lowest BCUT2D eigenvalue weighted by Gasteiger charge is -2.05. The van der Waals surface area contributed by atoms with Crippen LogP contribution in [0.1, 0.15) is 12.5 Å². The van der Waals surface area contributed by atoms with Gasteiger partial charge in [0.25, 0.3) is 5.69 Å². The number of rotatable bonds is 3. The molecule has 1 heterocycles. The molecule has 1 aromatic heterocycles. The van der Waals surface area contributed by atoms with Gasteiger partial charge < -0.3 is 5.73 Å². The van der Waals surface area contributed by atoms with Crippen molar-refractivity contribution in [2.75, 3.05) is 5.73 Å². The van der Waals surface area contributed by atoms with E-state index in [9.17, 15) is 10.1 Å². The number of hydrogen-bond acceptors (Lipinski definition) is 4. The normalized spacial score (nSPS) is 10.4. The van der Waals surface area contributed by atoms with Gasteiger partial charge in [-0.25, -0.2) is 4.68 Å². The van der Waals surface area contributed by atoms with E-state index in [0.29, 0.717) is 11.5 Å². The summed E-state index contributed by atoms with van der Waals surface area (Å²) in [7, 11) is 0. The fraction of sp³-hybridized carbons (Fsp3) is 0.182. The number of nitro groups is 1. The van der Waals surface area contributed by atoms with Gasteiger partial charge in [0.05, 0.1) is 11.1 Å². The zero-order valence-electron chi connectivity index (χ0n) is 9.33. The Morgan fingerprint density at radius 3 is 2.76 bits per heavy atom. The molecule has 2 N–H and O–H groups in total. The van der Waals surface area contributed by atoms with E-state index in [2.05, 4.69) is 5.10 Å². The van der Waals surface area contributed by atoms with Crippen LogP contribution >= 0.6 is 0 Å². The molecule has 17 heavy (non-hydrogen) atoms. The summed E-state index contributed by atoms with van der Waals surface area (Å²) in [6.45, 7) is 1.96. The molecular weight excluding hydrogens is 220 g/mol. The van der Waals surface area contributed by atoms with Gasteiger partial charge in [0.1, 0.15) is 11.5 Å². The summed E-state index contributed by atoms with van der Waals surface area (Å²) < 4.78 is 1.40. The molecule has 0 saturated carbocycles. The van der Waals surface area contributed by atoms with Crippen LogP contribution in [-0.2, 0) is 6.42 Å². The molecule has 0 aliphatic heterocycles. The molecule has 6 nitrogen and oxygen atoms in total. The van der Waals surface area contributed by atoms with Gasteiger partial charge in [0.2, 0.25) is 0 Å². The maximum absolute atomic E-state index is 10.9. The van der Waals surface area contributed by atoms with E-state index >= 15 is 0 Å². The number of para-hydroxylation sites is 2. The second-order valence-electron chi connectivity index (χ2n) is 3.57. The average molecular weight is 232 g/mol. The summed E-state index contributed by atoms with van der Waals surface area (Å²) in [5.41, 5.74) is 7.15. The molecule has 0 unspecified atom stereocenters. The van der Waals surface area contributed by atoms with Crippen LogP contribution in [-0.4, -0.2) is 14.7 Å². The molecule has 0 fully saturated rings. The number of benzene rings is 1. The molecule has 0 spiro atoms. The van der Waals surface area contributed by atoms with E-state index in [1.807, 2.05) is 6.92 Å². The highest BCUT2D eigenvalue weighted by atomic mass is 16.6. The molecule has 0 aliphatic rings. The Morgan fingerprint density at radius 1 is 1.47 bits per heavy atom. The first-order valence-electron chi connectivity index (χ1n) is 5.21. The maximum atomic E-state index is 10.9. The van der Waals surface area contributed by atoms with E-state index in [1.54, 1.807) is 24.4 Å². The fourth-order valence-electron chi connectivity index (χ4n) is 1.65. The van der Waals surface area contributed by atoms with Crippen molar-refractivity contribution < 1.29 is 4.92 Å². The third-order valence-corrected chi connectivity index (χ3v) is 2.57. The Bertz CT molecular complexity index is 562. The van der Waals surface area contributed by atoms with Crippen LogP contribution in [0.4, 0.5) is 11.5 Å². The highest BCUT2D eigenvalue weighted by Gasteiger charge is 2.17. The topological polar surface area (TPSA) is 87.0 Å². The van der Waals surface area contributed by atoms with Gasteiger partial charge in [-0.15, -0.1) is 0 Å². The summed E-state index contributed by atoms with van der Waals surface area (Å²) in [5.74, 6) is 0.446. The lowest BCUT2D eigenvalue weighted by Crippen LogP contribution is -2.05. The Hall–Kier alpha value is -2.37. The predicted molar refractivity (Wildman–Crippen MR) is 64.0 cm³/mol. The first-order chi connectivity index (χ1) is 8.15. The largest absolute Gasteiger partial charge is 0.383 e. The lowest BCUT2D eigenvalue weighted by molar-refractivity contribution is -0.384. The Balaban J connectivity index is 2.60. The van der Waals surface area contributed by atoms with Crippen LogP contribution in [0.5, 0.6) is 0 Å². The van der Waals surface area contributed by atoms with Crippen molar-refractivity contribution >= 4 is 11.5 Å². The van der Waals surface area contributed by atoms with Crippen LogP contribution in [0.25, 0.3) is 5.69 Å². The van der Waals surface area contributed by atoms with E-state index in [-0.39, 0.29) is 5.69 Å². The monoisotopic (exact) mass is 232 g/mol. The summed E-state index contributed by atoms with van der Waals surface area (Å²) in [5, 5.41) is 15.0. The predicted octanol–water partition coefficient (Wildman–Crippen LogP) is 1.93. The lowest BCUT2D eigenvalue weighted by atomic mass is 10.2. The number of hydrogen-bond donors (Lipinski definition) is 1. The minimum atomic E-state index is -0.442. The number of nitro benzene ring substituents is 1. The number of nitrogens with zero attached hydrogens (tertiary/aromatic N) is 3. The number of nitrogen functional groups attached to an aromatic ring is 1. The zero-order chi connectivity index (χ0) is 12.4. The number of anilines is 1. The van der Waals surface area contributed by atoms with E-state index in [4.69, 9.17) is 5.73 Å². The van der Waals surface area contributed by atoms with Gasteiger partial charge in [0.15, 0.2) is 0 Å². The highest BCUT2D eigenvalue weighted by Crippen LogP contribution is 2.25. The molecular formula is C11H12N4O2. The van der Waals surface area contributed by atoms with Crippen LogP contribution < -0.4 is 5.73 Å². The third-order valence-electron chi connectivity index (χ3n) is 2.57. The molecule has 0 atom stereocenters. The molecule has 1 aromatic carbocycles. The highest BCUT2D eigenvalue weighted by molar-refractivity contribution is 5.56. The number of aromatic nitrogens is 2. The van der Waals surface area contributed by atoms with Crippen molar-refractivity contribution in [3.63, 3.8) is 0 Å². The average Bonchev–Trinajstić information content (AvgIpc) is 2.70. The quantitative estimate of drug-likeness (QED) is 0.647. The second kappa shape index (κ2) is 4.25. The van der Waals surface area contributed by atoms with Crippen LogP contribution in [0.2, 0.25) is 0 Å². The van der Waals surface area contributed by atoms with Gasteiger partial charge >= 0.3 is 0 Å². The Morgan fingerprint density at radius 2 is 2.18 bits per heavy atom. The fourth-order valence-corrected chi connectivity index (χ4v) is 1.65. The smallest absolute Gasteiger partial charge is 0.294 e. The van der Waals surface area contributed by atoms with Crippen LogP contribution in [0.15, 0.2) is 30.5 Å². The van der Waals surface area contributed by atoms with E-state index in [1.165, 1.54) is 10.7 Å². The van der Waals surface area contributed by atoms with Crippen molar-refractivity contribution in [3.8, 4) is 5.69 Å². The van der Waals surface area contributed by atoms with Crippen molar-refractivity contribution in [2.45, 2.75) is 13.3 Å². The second-order valence-corrected chi connectivity index (χ2v) is 3.57. The number of nitrogens with two attached hydrogens (primary N) is 1. The summed E-state index contributed by atoms with van der Waals surface area (Å²) in [6.07, 6.45) is 2.37. The minimum Gasteiger partial charge on any atom is -0.383 e. The van der Waals surface area contributed by atoms with Crippen LogP contribution in [0, 0.1) is 10.1 Å². The summed E-state index contributed by atoms with van der Waals surface area (Å²) >= 11 is 0. The van der Waals surface area contributed by atoms with Gasteiger partial charge in [-0.05, 0) is 12.5 Å². The van der Waals surface area contributed by atoms with Gasteiger partial charge in [-0.3, -0.25) is 10.1 Å². The van der Waals surface area contributed by atoms with Gasteiger partial charge in [-0.1, -0.05) is 19.1 Å². The van der Waals surface area contributed by atoms with Crippen molar-refractivity contribution in [1.29, 1.82) is 0 Å². The molecule has 0 radical (unpaired) electrons. The van der Waals surface area contributed by atoms with E-state index < -0.39 is 4.92 Å². The third kappa shape index (κ3) is 1.84. The Labute approximate surface area is 97.8 Å². The molecule has 0 saturated heterocycles. The minimum absolute atomic E-state index is 0.00930. The molecule has 2 aromatic rings. The van der Waals surface area contributed by atoms with Gasteiger partial charge in [0, 0.05) is 11.6 Å². The number of aryl methyl sites for hydroxylation is 1. The molecule has 0 amide bonds. The van der Waals surface area contributed by atoms with Crippen molar-refractivity contribution in [1.82, 2.24) is 9.78 Å². The van der Waals surface area contributed by atoms with Crippen molar-refractivity contribution in [2.24, 2.45) is 0 Å². The standard InChI is InChI=1S/C11H12N4O2/c1-2-8-7-13-14(11(8)12)9-5-3-4-6-10(9)15(16)17/h3-7H,2,12H2,1H3. The maximum Gasteiger partial charge on any atom is 0.294 e. The van der Waals surface area contributed by atoms with Gasteiger partial charge in [-0.2, -0.15) is 5.10 Å². The molecule has 0 aliphatic carbocycles. The van der Waals surface area contributed by atoms with Crippen molar-refractivity contribution in [3.05, 3.63) is 46.1 Å². The molecule has 88 valence electrons. The summed E-state index contributed by atoms with van der Waals surface area (Å²) in [4.78, 5) is 10.5. The van der Waals surface area contributed by atoms with E-state index in [0.717, 1.165) is 12.0 Å². The Kier molecular flexibility index (Phi) is 2.78. The first-order valence-corrected chi connectivity index (χ1v) is 5.21.